The van der Waals surface area contributed by atoms with Crippen molar-refractivity contribution in [3.8, 4) is 0 Å². The van der Waals surface area contributed by atoms with Crippen LogP contribution >= 0.6 is 11.3 Å². The molecule has 1 aliphatic heterocycles. The van der Waals surface area contributed by atoms with Gasteiger partial charge in [-0.25, -0.2) is 4.98 Å². The maximum absolute atomic E-state index is 10.3. The minimum Gasteiger partial charge on any atom is -0.388 e. The molecular weight excluding hydrogens is 282 g/mol. The van der Waals surface area contributed by atoms with Gasteiger partial charge in [-0.3, -0.25) is 0 Å². The molecule has 0 bridgehead atoms. The van der Waals surface area contributed by atoms with Crippen LogP contribution in [0.2, 0.25) is 0 Å². The zero-order valence-corrected chi connectivity index (χ0v) is 13.1. The molecule has 0 aromatic carbocycles. The highest BCUT2D eigenvalue weighted by atomic mass is 32.1. The van der Waals surface area contributed by atoms with Crippen molar-refractivity contribution in [1.82, 2.24) is 14.5 Å². The Morgan fingerprint density at radius 2 is 2.38 bits per heavy atom. The van der Waals surface area contributed by atoms with Gasteiger partial charge in [0.25, 0.3) is 0 Å². The number of hydrogen-bond acceptors (Lipinski definition) is 4. The van der Waals surface area contributed by atoms with E-state index in [1.54, 1.807) is 11.3 Å². The molecule has 1 fully saturated rings. The number of aliphatic hydroxyl groups excluding tert-OH is 1. The number of likely N-dealkylation sites (tertiary alicyclic amines) is 1. The zero-order chi connectivity index (χ0) is 14.5. The van der Waals surface area contributed by atoms with Crippen LogP contribution in [0.5, 0.6) is 0 Å². The van der Waals surface area contributed by atoms with Gasteiger partial charge in [-0.2, -0.15) is 0 Å². The predicted octanol–water partition coefficient (Wildman–Crippen LogP) is 2.92. The van der Waals surface area contributed by atoms with E-state index in [9.17, 15) is 5.11 Å². The lowest BCUT2D eigenvalue weighted by atomic mass is 10.1. The van der Waals surface area contributed by atoms with Crippen molar-refractivity contribution in [1.29, 1.82) is 0 Å². The van der Waals surface area contributed by atoms with Gasteiger partial charge in [0.05, 0.1) is 12.4 Å². The van der Waals surface area contributed by atoms with E-state index in [4.69, 9.17) is 0 Å². The van der Waals surface area contributed by atoms with Crippen LogP contribution in [0.15, 0.2) is 36.2 Å². The Labute approximate surface area is 130 Å². The first-order chi connectivity index (χ1) is 10.3. The van der Waals surface area contributed by atoms with E-state index in [2.05, 4.69) is 14.5 Å². The third kappa shape index (κ3) is 3.93. The number of aromatic nitrogens is 2. The summed E-state index contributed by atoms with van der Waals surface area (Å²) in [5, 5.41) is 12.4. The third-order valence-electron chi connectivity index (χ3n) is 4.29. The van der Waals surface area contributed by atoms with Crippen molar-refractivity contribution in [3.05, 3.63) is 41.1 Å². The third-order valence-corrected chi connectivity index (χ3v) is 5.26. The largest absolute Gasteiger partial charge is 0.388 e. The molecule has 4 nitrogen and oxygen atoms in total. The van der Waals surface area contributed by atoms with E-state index in [1.807, 2.05) is 36.2 Å². The Balaban J connectivity index is 1.46. The van der Waals surface area contributed by atoms with E-state index in [0.717, 1.165) is 30.8 Å². The number of aryl methyl sites for hydroxylation is 1. The Bertz CT molecular complexity index is 512. The van der Waals surface area contributed by atoms with E-state index in [1.165, 1.54) is 19.4 Å². The average molecular weight is 305 g/mol. The fraction of sp³-hybridized carbons (Fsp3) is 0.562. The minimum absolute atomic E-state index is 0.302. The van der Waals surface area contributed by atoms with Gasteiger partial charge >= 0.3 is 0 Å². The molecule has 3 heterocycles. The number of aliphatic hydroxyl groups is 1. The van der Waals surface area contributed by atoms with Crippen molar-refractivity contribution in [2.45, 2.75) is 44.4 Å². The molecule has 1 aliphatic rings. The lowest BCUT2D eigenvalue weighted by molar-refractivity contribution is 0.122. The van der Waals surface area contributed by atoms with Crippen LogP contribution in [0.3, 0.4) is 0 Å². The summed E-state index contributed by atoms with van der Waals surface area (Å²) in [5.41, 5.74) is 0. The first-order valence-corrected chi connectivity index (χ1v) is 8.62. The predicted molar refractivity (Wildman–Crippen MR) is 85.3 cm³/mol. The van der Waals surface area contributed by atoms with Gasteiger partial charge in [-0.1, -0.05) is 6.07 Å². The fourth-order valence-corrected chi connectivity index (χ4v) is 3.91. The highest BCUT2D eigenvalue weighted by molar-refractivity contribution is 7.10. The smallest absolute Gasteiger partial charge is 0.0945 e. The van der Waals surface area contributed by atoms with Crippen LogP contribution in [-0.4, -0.2) is 38.7 Å². The van der Waals surface area contributed by atoms with Gasteiger partial charge in [0.1, 0.15) is 0 Å². The molecule has 0 saturated carbocycles. The van der Waals surface area contributed by atoms with E-state index >= 15 is 0 Å². The van der Waals surface area contributed by atoms with E-state index in [-0.39, 0.29) is 6.10 Å². The highest BCUT2D eigenvalue weighted by Crippen LogP contribution is 2.29. The molecule has 2 aromatic rings. The summed E-state index contributed by atoms with van der Waals surface area (Å²) in [6.45, 7) is 3.31. The van der Waals surface area contributed by atoms with Crippen LogP contribution < -0.4 is 0 Å². The van der Waals surface area contributed by atoms with Crippen LogP contribution in [0.4, 0.5) is 0 Å². The van der Waals surface area contributed by atoms with Crippen LogP contribution in [0.25, 0.3) is 0 Å². The standard InChI is InChI=1S/C16H23N3OS/c20-15(16-5-2-11-21-16)12-14-4-1-8-19(14)9-3-7-18-10-6-17-13-18/h2,5-6,10-11,13-15,20H,1,3-4,7-9,12H2. The average Bonchev–Trinajstić information content (AvgIpc) is 3.21. The number of thiophene rings is 1. The Hall–Kier alpha value is -1.17. The summed E-state index contributed by atoms with van der Waals surface area (Å²) < 4.78 is 2.13. The molecule has 2 unspecified atom stereocenters. The molecule has 5 heteroatoms. The first-order valence-electron chi connectivity index (χ1n) is 7.74. The second-order valence-corrected chi connectivity index (χ2v) is 6.73. The molecule has 0 aliphatic carbocycles. The number of imidazole rings is 1. The summed E-state index contributed by atoms with van der Waals surface area (Å²) in [4.78, 5) is 7.72. The monoisotopic (exact) mass is 305 g/mol. The molecule has 0 amide bonds. The van der Waals surface area contributed by atoms with Gasteiger partial charge in [0, 0.05) is 36.4 Å². The summed E-state index contributed by atoms with van der Waals surface area (Å²) >= 11 is 1.65. The number of rotatable bonds is 7. The van der Waals surface area contributed by atoms with Crippen LogP contribution in [-0.2, 0) is 6.54 Å². The molecule has 1 N–H and O–H groups in total. The lowest BCUT2D eigenvalue weighted by Crippen LogP contribution is -2.32. The molecule has 1 saturated heterocycles. The molecule has 114 valence electrons. The van der Waals surface area contributed by atoms with E-state index < -0.39 is 0 Å². The van der Waals surface area contributed by atoms with E-state index in [0.29, 0.717) is 6.04 Å². The van der Waals surface area contributed by atoms with Crippen molar-refractivity contribution in [2.75, 3.05) is 13.1 Å². The number of hydrogen-bond donors (Lipinski definition) is 1. The molecule has 0 radical (unpaired) electrons. The highest BCUT2D eigenvalue weighted by Gasteiger charge is 2.26. The maximum Gasteiger partial charge on any atom is 0.0945 e. The second-order valence-electron chi connectivity index (χ2n) is 5.75. The van der Waals surface area contributed by atoms with Crippen LogP contribution in [0.1, 0.15) is 36.7 Å². The Kier molecular flexibility index (Phi) is 5.06. The van der Waals surface area contributed by atoms with Crippen molar-refractivity contribution in [2.24, 2.45) is 0 Å². The summed E-state index contributed by atoms with van der Waals surface area (Å²) in [6, 6.07) is 4.58. The quantitative estimate of drug-likeness (QED) is 0.855. The normalized spacial score (nSPS) is 20.9. The van der Waals surface area contributed by atoms with Gasteiger partial charge in [-0.05, 0) is 43.7 Å². The second kappa shape index (κ2) is 7.20. The van der Waals surface area contributed by atoms with Crippen molar-refractivity contribution >= 4 is 11.3 Å². The molecular formula is C16H23N3OS. The molecule has 0 spiro atoms. The molecule has 3 rings (SSSR count). The Morgan fingerprint density at radius 1 is 1.43 bits per heavy atom. The molecule has 2 atom stereocenters. The SMILES string of the molecule is OC(CC1CCCN1CCCn1ccnc1)c1cccs1. The summed E-state index contributed by atoms with van der Waals surface area (Å²) in [7, 11) is 0. The maximum atomic E-state index is 10.3. The topological polar surface area (TPSA) is 41.3 Å². The van der Waals surface area contributed by atoms with Gasteiger partial charge in [0.2, 0.25) is 0 Å². The number of nitrogens with zero attached hydrogens (tertiary/aromatic N) is 3. The van der Waals surface area contributed by atoms with Gasteiger partial charge in [0.15, 0.2) is 0 Å². The fourth-order valence-electron chi connectivity index (χ4n) is 3.19. The minimum atomic E-state index is -0.302. The van der Waals surface area contributed by atoms with Gasteiger partial charge < -0.3 is 14.6 Å². The summed E-state index contributed by atoms with van der Waals surface area (Å²) in [6.07, 6.45) is 9.90. The first kappa shape index (κ1) is 14.8. The Morgan fingerprint density at radius 3 is 3.14 bits per heavy atom. The van der Waals surface area contributed by atoms with Crippen molar-refractivity contribution < 1.29 is 5.11 Å². The molecule has 21 heavy (non-hydrogen) atoms. The lowest BCUT2D eigenvalue weighted by Gasteiger charge is -2.26. The van der Waals surface area contributed by atoms with Crippen LogP contribution in [0, 0.1) is 0 Å². The van der Waals surface area contributed by atoms with Gasteiger partial charge in [-0.15, -0.1) is 11.3 Å². The van der Waals surface area contributed by atoms with Crippen molar-refractivity contribution in [3.63, 3.8) is 0 Å². The zero-order valence-electron chi connectivity index (χ0n) is 12.3. The summed E-state index contributed by atoms with van der Waals surface area (Å²) in [5.74, 6) is 0. The molecule has 2 aromatic heterocycles.